The fraction of sp³-hybridized carbons (Fsp3) is 0.650. The van der Waals surface area contributed by atoms with E-state index in [0.29, 0.717) is 0 Å². The van der Waals surface area contributed by atoms with E-state index in [1.54, 1.807) is 17.8 Å². The normalized spacial score (nSPS) is 26.6. The molecule has 29 heavy (non-hydrogen) atoms. The van der Waals surface area contributed by atoms with Crippen LogP contribution in [0.4, 0.5) is 5.95 Å². The maximum Gasteiger partial charge on any atom is 0.259 e. The molecule has 1 aliphatic heterocycles. The highest BCUT2D eigenvalue weighted by Gasteiger charge is 2.45. The van der Waals surface area contributed by atoms with Crippen molar-refractivity contribution in [2.45, 2.75) is 56.5 Å². The van der Waals surface area contributed by atoms with Gasteiger partial charge in [0.05, 0.1) is 6.33 Å². The Balaban J connectivity index is 1.35. The zero-order chi connectivity index (χ0) is 20.2. The lowest BCUT2D eigenvalue weighted by Crippen LogP contribution is -2.53. The van der Waals surface area contributed by atoms with Crippen LogP contribution in [0.2, 0.25) is 0 Å². The Morgan fingerprint density at radius 2 is 1.83 bits per heavy atom. The van der Waals surface area contributed by atoms with E-state index in [0.717, 1.165) is 50.4 Å². The predicted octanol–water partition coefficient (Wildman–Crippen LogP) is 1.59. The summed E-state index contributed by atoms with van der Waals surface area (Å²) in [6, 6.07) is -0.0445. The maximum absolute atomic E-state index is 12.8. The number of rotatable bonds is 4. The minimum Gasteiger partial charge on any atom is -0.340 e. The van der Waals surface area contributed by atoms with Crippen molar-refractivity contribution in [2.24, 2.45) is 18.9 Å². The van der Waals surface area contributed by atoms with Crippen LogP contribution in [0.5, 0.6) is 0 Å². The molecule has 1 unspecified atom stereocenters. The number of hydrogen-bond donors (Lipinski definition) is 1. The first-order valence-electron chi connectivity index (χ1n) is 10.5. The van der Waals surface area contributed by atoms with Crippen molar-refractivity contribution in [3.63, 3.8) is 0 Å². The summed E-state index contributed by atoms with van der Waals surface area (Å²) in [5, 5.41) is 0.0930. The fourth-order valence-electron chi connectivity index (χ4n) is 5.25. The van der Waals surface area contributed by atoms with Crippen LogP contribution in [-0.4, -0.2) is 47.1 Å². The Hall–Kier alpha value is -2.00. The highest BCUT2D eigenvalue weighted by molar-refractivity contribution is 7.89. The molecule has 1 saturated carbocycles. The van der Waals surface area contributed by atoms with Crippen molar-refractivity contribution in [3.8, 4) is 0 Å². The summed E-state index contributed by atoms with van der Waals surface area (Å²) in [6.45, 7) is 3.69. The second kappa shape index (κ2) is 7.05. The number of fused-ring (bicyclic) bond motifs is 3. The lowest BCUT2D eigenvalue weighted by atomic mass is 9.93. The van der Waals surface area contributed by atoms with Crippen LogP contribution in [0, 0.1) is 18.8 Å². The van der Waals surface area contributed by atoms with Crippen LogP contribution in [0.25, 0.3) is 0 Å². The summed E-state index contributed by atoms with van der Waals surface area (Å²) in [4.78, 5) is 16.0. The summed E-state index contributed by atoms with van der Waals surface area (Å²) in [5.74, 6) is 1.37. The zero-order valence-corrected chi connectivity index (χ0v) is 17.8. The third-order valence-electron chi connectivity index (χ3n) is 6.74. The molecule has 8 nitrogen and oxygen atoms in total. The number of aromatic nitrogens is 4. The van der Waals surface area contributed by atoms with E-state index in [4.69, 9.17) is 9.97 Å². The van der Waals surface area contributed by atoms with Crippen molar-refractivity contribution in [3.05, 3.63) is 29.5 Å². The summed E-state index contributed by atoms with van der Waals surface area (Å²) in [7, 11) is -1.82. The van der Waals surface area contributed by atoms with E-state index in [9.17, 15) is 8.42 Å². The SMILES string of the molecule is Cc1nc(N2C[C@H]3CC[C@@H](C2)C3NS(=O)(=O)c2cn(C)cn2)nc2c1CCCC2. The molecule has 0 spiro atoms. The van der Waals surface area contributed by atoms with Gasteiger partial charge < -0.3 is 9.47 Å². The zero-order valence-electron chi connectivity index (χ0n) is 17.0. The minimum atomic E-state index is -3.60. The molecule has 3 aliphatic rings. The molecular formula is C20H28N6O2S. The maximum atomic E-state index is 12.8. The topological polar surface area (TPSA) is 93.0 Å². The van der Waals surface area contributed by atoms with Gasteiger partial charge in [-0.25, -0.2) is 28.1 Å². The first-order valence-corrected chi connectivity index (χ1v) is 12.0. The van der Waals surface area contributed by atoms with Crippen LogP contribution in [0.1, 0.15) is 42.6 Å². The highest BCUT2D eigenvalue weighted by atomic mass is 32.2. The van der Waals surface area contributed by atoms with Crippen LogP contribution in [0.3, 0.4) is 0 Å². The molecule has 2 aromatic heterocycles. The van der Waals surface area contributed by atoms with Crippen molar-refractivity contribution in [2.75, 3.05) is 18.0 Å². The van der Waals surface area contributed by atoms with Crippen LogP contribution < -0.4 is 9.62 Å². The highest BCUT2D eigenvalue weighted by Crippen LogP contribution is 2.39. The van der Waals surface area contributed by atoms with Gasteiger partial charge in [0.1, 0.15) is 0 Å². The minimum absolute atomic E-state index is 0.0445. The molecule has 5 rings (SSSR count). The van der Waals surface area contributed by atoms with Gasteiger partial charge >= 0.3 is 0 Å². The molecular weight excluding hydrogens is 388 g/mol. The molecule has 2 bridgehead atoms. The first kappa shape index (κ1) is 19.0. The lowest BCUT2D eigenvalue weighted by molar-refractivity contribution is 0.328. The first-order chi connectivity index (χ1) is 13.9. The van der Waals surface area contributed by atoms with Gasteiger partial charge in [-0.1, -0.05) is 0 Å². The molecule has 2 aliphatic carbocycles. The van der Waals surface area contributed by atoms with Crippen molar-refractivity contribution >= 4 is 16.0 Å². The molecule has 3 atom stereocenters. The van der Waals surface area contributed by atoms with Crippen molar-refractivity contribution < 1.29 is 8.42 Å². The molecule has 1 saturated heterocycles. The number of piperidine rings is 1. The summed E-state index contributed by atoms with van der Waals surface area (Å²) in [5.41, 5.74) is 3.65. The molecule has 2 aromatic rings. The van der Waals surface area contributed by atoms with E-state index in [1.807, 2.05) is 0 Å². The number of anilines is 1. The summed E-state index contributed by atoms with van der Waals surface area (Å²) in [6.07, 6.45) is 9.67. The van der Waals surface area contributed by atoms with E-state index in [-0.39, 0.29) is 22.9 Å². The average Bonchev–Trinajstić information content (AvgIpc) is 3.21. The van der Waals surface area contributed by atoms with Gasteiger partial charge in [-0.3, -0.25) is 0 Å². The molecule has 0 radical (unpaired) electrons. The van der Waals surface area contributed by atoms with E-state index >= 15 is 0 Å². The van der Waals surface area contributed by atoms with Crippen LogP contribution in [-0.2, 0) is 29.9 Å². The third-order valence-corrected chi connectivity index (χ3v) is 8.09. The number of imidazole rings is 1. The molecule has 0 amide bonds. The number of aryl methyl sites for hydroxylation is 3. The van der Waals surface area contributed by atoms with Gasteiger partial charge in [-0.15, -0.1) is 0 Å². The summed E-state index contributed by atoms with van der Waals surface area (Å²) < 4.78 is 30.1. The van der Waals surface area contributed by atoms with E-state index in [2.05, 4.69) is 21.5 Å². The van der Waals surface area contributed by atoms with E-state index in [1.165, 1.54) is 30.4 Å². The molecule has 156 valence electrons. The van der Waals surface area contributed by atoms with Gasteiger partial charge in [0, 0.05) is 43.8 Å². The number of nitrogens with zero attached hydrogens (tertiary/aromatic N) is 5. The molecule has 2 fully saturated rings. The van der Waals surface area contributed by atoms with Gasteiger partial charge in [-0.05, 0) is 62.8 Å². The van der Waals surface area contributed by atoms with Gasteiger partial charge in [0.25, 0.3) is 10.0 Å². The largest absolute Gasteiger partial charge is 0.340 e. The fourth-order valence-corrected chi connectivity index (χ4v) is 6.61. The second-order valence-electron chi connectivity index (χ2n) is 8.77. The predicted molar refractivity (Wildman–Crippen MR) is 109 cm³/mol. The number of sulfonamides is 1. The smallest absolute Gasteiger partial charge is 0.259 e. The van der Waals surface area contributed by atoms with E-state index < -0.39 is 10.0 Å². The Morgan fingerprint density at radius 3 is 2.52 bits per heavy atom. The lowest BCUT2D eigenvalue weighted by Gasteiger charge is -2.38. The number of hydrogen-bond acceptors (Lipinski definition) is 6. The third kappa shape index (κ3) is 3.44. The van der Waals surface area contributed by atoms with Crippen molar-refractivity contribution in [1.29, 1.82) is 0 Å². The second-order valence-corrected chi connectivity index (χ2v) is 10.4. The molecule has 3 heterocycles. The molecule has 1 N–H and O–H groups in total. The molecule has 0 aromatic carbocycles. The van der Waals surface area contributed by atoms with Gasteiger partial charge in [-0.2, -0.15) is 0 Å². The standard InChI is InChI=1S/C20H28N6O2S/c1-13-16-5-3-4-6-17(16)23-20(22-13)26-9-14-7-8-15(10-26)19(14)24-29(27,28)18-11-25(2)12-21-18/h11-12,14-15,19,24H,3-10H2,1-2H3/t14-,15+,19?. The van der Waals surface area contributed by atoms with Gasteiger partial charge in [0.15, 0.2) is 5.03 Å². The Labute approximate surface area is 171 Å². The number of nitrogens with one attached hydrogen (secondary N) is 1. The average molecular weight is 417 g/mol. The molecule has 9 heteroatoms. The Kier molecular flexibility index (Phi) is 4.62. The van der Waals surface area contributed by atoms with Crippen LogP contribution >= 0.6 is 0 Å². The Bertz CT molecular complexity index is 1020. The quantitative estimate of drug-likeness (QED) is 0.814. The van der Waals surface area contributed by atoms with Crippen LogP contribution in [0.15, 0.2) is 17.6 Å². The van der Waals surface area contributed by atoms with Crippen molar-refractivity contribution in [1.82, 2.24) is 24.2 Å². The summed E-state index contributed by atoms with van der Waals surface area (Å²) >= 11 is 0. The Morgan fingerprint density at radius 1 is 1.10 bits per heavy atom. The monoisotopic (exact) mass is 416 g/mol. The van der Waals surface area contributed by atoms with Gasteiger partial charge in [0.2, 0.25) is 5.95 Å².